The number of piperidine rings is 1. The summed E-state index contributed by atoms with van der Waals surface area (Å²) in [6.45, 7) is 5.31. The molecule has 1 saturated heterocycles. The lowest BCUT2D eigenvalue weighted by molar-refractivity contribution is 0.136. The molecule has 1 aliphatic heterocycles. The average Bonchev–Trinajstić information content (AvgIpc) is 2.93. The van der Waals surface area contributed by atoms with Crippen LogP contribution in [-0.2, 0) is 0 Å². The maximum absolute atomic E-state index is 11.8. The van der Waals surface area contributed by atoms with Crippen LogP contribution in [0.3, 0.4) is 0 Å². The maximum atomic E-state index is 11.8. The zero-order valence-corrected chi connectivity index (χ0v) is 9.12. The fourth-order valence-electron chi connectivity index (χ4n) is 2.06. The minimum atomic E-state index is 0.159. The molecule has 3 heteroatoms. The quantitative estimate of drug-likeness (QED) is 0.683. The maximum Gasteiger partial charge on any atom is 0.317 e. The number of urea groups is 1. The Morgan fingerprint density at radius 3 is 2.57 bits per heavy atom. The van der Waals surface area contributed by atoms with Gasteiger partial charge in [-0.05, 0) is 38.5 Å². The Bertz CT molecular complexity index is 225. The van der Waals surface area contributed by atoms with Crippen molar-refractivity contribution in [3.8, 4) is 0 Å². The zero-order chi connectivity index (χ0) is 10.1. The Labute approximate surface area is 85.8 Å². The van der Waals surface area contributed by atoms with Crippen LogP contribution in [0, 0.1) is 5.92 Å². The van der Waals surface area contributed by atoms with Crippen molar-refractivity contribution in [2.75, 3.05) is 6.54 Å². The lowest BCUT2D eigenvalue weighted by Crippen LogP contribution is -2.50. The van der Waals surface area contributed by atoms with Crippen molar-refractivity contribution in [2.45, 2.75) is 51.6 Å². The van der Waals surface area contributed by atoms with Crippen LogP contribution in [0.1, 0.15) is 39.5 Å². The lowest BCUT2D eigenvalue weighted by Gasteiger charge is -2.36. The highest BCUT2D eigenvalue weighted by Gasteiger charge is 2.30. The molecule has 2 amide bonds. The number of hydrogen-bond acceptors (Lipinski definition) is 1. The van der Waals surface area contributed by atoms with Gasteiger partial charge in [-0.1, -0.05) is 6.92 Å². The minimum Gasteiger partial charge on any atom is -0.335 e. The molecule has 0 aromatic heterocycles. The third-order valence-corrected chi connectivity index (χ3v) is 3.28. The van der Waals surface area contributed by atoms with Crippen molar-refractivity contribution in [1.82, 2.24) is 10.2 Å². The van der Waals surface area contributed by atoms with Crippen LogP contribution in [0.25, 0.3) is 0 Å². The van der Waals surface area contributed by atoms with E-state index < -0.39 is 0 Å². The molecule has 2 fully saturated rings. The number of nitrogens with one attached hydrogen (secondary N) is 1. The molecule has 0 spiro atoms. The molecular weight excluding hydrogens is 176 g/mol. The highest BCUT2D eigenvalue weighted by Crippen LogP contribution is 2.23. The number of amides is 2. The van der Waals surface area contributed by atoms with Gasteiger partial charge in [0.25, 0.3) is 0 Å². The Morgan fingerprint density at radius 1 is 1.21 bits per heavy atom. The first-order chi connectivity index (χ1) is 6.66. The Balaban J connectivity index is 1.88. The summed E-state index contributed by atoms with van der Waals surface area (Å²) < 4.78 is 0. The van der Waals surface area contributed by atoms with Crippen LogP contribution < -0.4 is 5.32 Å². The zero-order valence-electron chi connectivity index (χ0n) is 9.12. The number of likely N-dealkylation sites (tertiary alicyclic amines) is 1. The second-order valence-corrected chi connectivity index (χ2v) is 4.91. The fraction of sp³-hybridized carbons (Fsp3) is 0.909. The molecule has 2 aliphatic rings. The molecule has 3 nitrogen and oxygen atoms in total. The van der Waals surface area contributed by atoms with Crippen molar-refractivity contribution in [3.05, 3.63) is 0 Å². The molecule has 0 radical (unpaired) electrons. The van der Waals surface area contributed by atoms with Crippen molar-refractivity contribution in [2.24, 2.45) is 5.92 Å². The molecule has 1 heterocycles. The summed E-state index contributed by atoms with van der Waals surface area (Å²) in [6, 6.07) is 1.06. The molecule has 0 aromatic rings. The second-order valence-electron chi connectivity index (χ2n) is 4.91. The summed E-state index contributed by atoms with van der Waals surface area (Å²) in [5, 5.41) is 3.06. The van der Waals surface area contributed by atoms with Crippen molar-refractivity contribution in [1.29, 1.82) is 0 Å². The van der Waals surface area contributed by atoms with E-state index in [1.54, 1.807) is 0 Å². The number of carbonyl (C=O) groups is 1. The summed E-state index contributed by atoms with van der Waals surface area (Å²) in [4.78, 5) is 13.8. The van der Waals surface area contributed by atoms with Gasteiger partial charge in [-0.15, -0.1) is 0 Å². The van der Waals surface area contributed by atoms with E-state index in [4.69, 9.17) is 0 Å². The van der Waals surface area contributed by atoms with Crippen LogP contribution in [-0.4, -0.2) is 29.6 Å². The van der Waals surface area contributed by atoms with Gasteiger partial charge in [-0.25, -0.2) is 4.79 Å². The van der Waals surface area contributed by atoms with E-state index in [9.17, 15) is 4.79 Å². The van der Waals surface area contributed by atoms with E-state index in [-0.39, 0.29) is 6.03 Å². The van der Waals surface area contributed by atoms with E-state index in [0.29, 0.717) is 18.0 Å². The molecule has 80 valence electrons. The molecule has 1 saturated carbocycles. The smallest absolute Gasteiger partial charge is 0.317 e. The van der Waals surface area contributed by atoms with Gasteiger partial charge in [0.15, 0.2) is 0 Å². The van der Waals surface area contributed by atoms with E-state index in [1.807, 2.05) is 4.90 Å². The van der Waals surface area contributed by atoms with Crippen LogP contribution >= 0.6 is 0 Å². The second kappa shape index (κ2) is 3.79. The van der Waals surface area contributed by atoms with Crippen LogP contribution in [0.4, 0.5) is 4.79 Å². The molecule has 0 bridgehead atoms. The number of carbonyl (C=O) groups excluding carboxylic acids is 1. The first-order valence-electron chi connectivity index (χ1n) is 5.74. The third-order valence-electron chi connectivity index (χ3n) is 3.28. The normalized spacial score (nSPS) is 32.9. The molecule has 2 atom stereocenters. The predicted molar refractivity (Wildman–Crippen MR) is 56.1 cm³/mol. The van der Waals surface area contributed by atoms with Gasteiger partial charge >= 0.3 is 6.03 Å². The Hall–Kier alpha value is -0.730. The summed E-state index contributed by atoms with van der Waals surface area (Å²) in [5.74, 6) is 0.663. The molecule has 1 aliphatic carbocycles. The Morgan fingerprint density at radius 2 is 1.93 bits per heavy atom. The molecule has 1 N–H and O–H groups in total. The molecule has 0 aromatic carbocycles. The van der Waals surface area contributed by atoms with Gasteiger partial charge in [0.2, 0.25) is 0 Å². The predicted octanol–water partition coefficient (Wildman–Crippen LogP) is 1.98. The van der Waals surface area contributed by atoms with E-state index in [0.717, 1.165) is 13.0 Å². The van der Waals surface area contributed by atoms with Gasteiger partial charge in [0.05, 0.1) is 0 Å². The number of hydrogen-bond donors (Lipinski definition) is 1. The monoisotopic (exact) mass is 196 g/mol. The summed E-state index contributed by atoms with van der Waals surface area (Å²) in [7, 11) is 0. The largest absolute Gasteiger partial charge is 0.335 e. The van der Waals surface area contributed by atoms with Crippen molar-refractivity contribution >= 4 is 6.03 Å². The lowest BCUT2D eigenvalue weighted by atomic mass is 9.95. The average molecular weight is 196 g/mol. The van der Waals surface area contributed by atoms with E-state index in [2.05, 4.69) is 19.2 Å². The van der Waals surface area contributed by atoms with Gasteiger partial charge in [0.1, 0.15) is 0 Å². The third kappa shape index (κ3) is 2.20. The molecule has 2 rings (SSSR count). The summed E-state index contributed by atoms with van der Waals surface area (Å²) in [5.41, 5.74) is 0. The first kappa shape index (κ1) is 9.81. The van der Waals surface area contributed by atoms with E-state index in [1.165, 1.54) is 19.3 Å². The van der Waals surface area contributed by atoms with Gasteiger partial charge < -0.3 is 10.2 Å². The standard InChI is InChI=1S/C11H20N2O/c1-8-3-4-9(2)13(7-8)11(14)12-10-5-6-10/h8-10H,3-7H2,1-2H3,(H,12,14)/t8-,9-/m0/s1. The first-order valence-corrected chi connectivity index (χ1v) is 5.74. The highest BCUT2D eigenvalue weighted by molar-refractivity contribution is 5.75. The molecular formula is C11H20N2O. The topological polar surface area (TPSA) is 32.3 Å². The molecule has 0 unspecified atom stereocenters. The fourth-order valence-corrected chi connectivity index (χ4v) is 2.06. The van der Waals surface area contributed by atoms with Gasteiger partial charge in [0, 0.05) is 18.6 Å². The number of rotatable bonds is 1. The number of nitrogens with zero attached hydrogens (tertiary/aromatic N) is 1. The van der Waals surface area contributed by atoms with Crippen LogP contribution in [0.2, 0.25) is 0 Å². The van der Waals surface area contributed by atoms with Gasteiger partial charge in [-0.3, -0.25) is 0 Å². The van der Waals surface area contributed by atoms with Gasteiger partial charge in [-0.2, -0.15) is 0 Å². The SMILES string of the molecule is C[C@H]1CC[C@H](C)N(C(=O)NC2CC2)C1. The van der Waals surface area contributed by atoms with Crippen molar-refractivity contribution < 1.29 is 4.79 Å². The van der Waals surface area contributed by atoms with E-state index >= 15 is 0 Å². The molecule has 14 heavy (non-hydrogen) atoms. The summed E-state index contributed by atoms with van der Waals surface area (Å²) >= 11 is 0. The van der Waals surface area contributed by atoms with Crippen molar-refractivity contribution in [3.63, 3.8) is 0 Å². The highest BCUT2D eigenvalue weighted by atomic mass is 16.2. The van der Waals surface area contributed by atoms with Crippen LogP contribution in [0.5, 0.6) is 0 Å². The summed E-state index contributed by atoms with van der Waals surface area (Å²) in [6.07, 6.45) is 4.75. The minimum absolute atomic E-state index is 0.159. The van der Waals surface area contributed by atoms with Crippen LogP contribution in [0.15, 0.2) is 0 Å². The Kier molecular flexibility index (Phi) is 2.66.